The second-order valence-corrected chi connectivity index (χ2v) is 4.29. The lowest BCUT2D eigenvalue weighted by atomic mass is 10.1. The van der Waals surface area contributed by atoms with Gasteiger partial charge in [0, 0.05) is 17.2 Å². The van der Waals surface area contributed by atoms with Gasteiger partial charge in [0.1, 0.15) is 30.1 Å². The van der Waals surface area contributed by atoms with Gasteiger partial charge in [-0.1, -0.05) is 23.4 Å². The van der Waals surface area contributed by atoms with Gasteiger partial charge in [-0.3, -0.25) is 0 Å². The van der Waals surface area contributed by atoms with Crippen molar-refractivity contribution in [3.63, 3.8) is 0 Å². The Bertz CT molecular complexity index is 678. The molecule has 3 nitrogen and oxygen atoms in total. The Labute approximate surface area is 115 Å². The molecule has 3 aromatic rings. The normalized spacial score (nSPS) is 10.4. The molecule has 0 N–H and O–H groups in total. The molecule has 0 unspecified atom stereocenters. The minimum Gasteiger partial charge on any atom is -0.489 e. The van der Waals surface area contributed by atoms with E-state index in [0.717, 1.165) is 11.3 Å². The summed E-state index contributed by atoms with van der Waals surface area (Å²) < 4.78 is 23.8. The van der Waals surface area contributed by atoms with E-state index in [2.05, 4.69) is 5.16 Å². The second kappa shape index (κ2) is 5.57. The van der Waals surface area contributed by atoms with Crippen LogP contribution in [0, 0.1) is 5.82 Å². The van der Waals surface area contributed by atoms with Crippen LogP contribution in [-0.2, 0) is 6.61 Å². The van der Waals surface area contributed by atoms with Gasteiger partial charge in [-0.25, -0.2) is 4.39 Å². The number of rotatable bonds is 4. The third-order valence-corrected chi connectivity index (χ3v) is 2.94. The first kappa shape index (κ1) is 12.4. The zero-order valence-corrected chi connectivity index (χ0v) is 10.6. The van der Waals surface area contributed by atoms with Crippen LogP contribution in [0.4, 0.5) is 4.39 Å². The summed E-state index contributed by atoms with van der Waals surface area (Å²) in [6.07, 6.45) is 1.53. The summed E-state index contributed by atoms with van der Waals surface area (Å²) in [7, 11) is 0. The van der Waals surface area contributed by atoms with Crippen LogP contribution < -0.4 is 4.74 Å². The Balaban J connectivity index is 1.68. The molecule has 20 heavy (non-hydrogen) atoms. The molecule has 3 rings (SSSR count). The molecule has 0 amide bonds. The number of halogens is 1. The van der Waals surface area contributed by atoms with Gasteiger partial charge >= 0.3 is 0 Å². The lowest BCUT2D eigenvalue weighted by molar-refractivity contribution is 0.300. The van der Waals surface area contributed by atoms with E-state index >= 15 is 0 Å². The van der Waals surface area contributed by atoms with E-state index in [1.165, 1.54) is 12.3 Å². The molecule has 1 heterocycles. The highest BCUT2D eigenvalue weighted by Gasteiger charge is 2.03. The average molecular weight is 269 g/mol. The summed E-state index contributed by atoms with van der Waals surface area (Å²) >= 11 is 0. The Morgan fingerprint density at radius 3 is 2.50 bits per heavy atom. The van der Waals surface area contributed by atoms with Gasteiger partial charge in [0.25, 0.3) is 0 Å². The number of nitrogens with zero attached hydrogens (tertiary/aromatic N) is 1. The summed E-state index contributed by atoms with van der Waals surface area (Å²) in [5, 5.41) is 3.86. The van der Waals surface area contributed by atoms with E-state index in [0.29, 0.717) is 11.3 Å². The molecule has 2 aromatic carbocycles. The number of hydrogen-bond acceptors (Lipinski definition) is 3. The summed E-state index contributed by atoms with van der Waals surface area (Å²) in [6.45, 7) is 0.204. The zero-order chi connectivity index (χ0) is 13.8. The van der Waals surface area contributed by atoms with E-state index in [9.17, 15) is 4.39 Å². The molecule has 100 valence electrons. The smallest absolute Gasteiger partial charge is 0.129 e. The molecule has 0 saturated carbocycles. The molecular weight excluding hydrogens is 257 g/mol. The minimum atomic E-state index is -0.258. The number of ether oxygens (including phenoxy) is 1. The van der Waals surface area contributed by atoms with Crippen molar-refractivity contribution in [1.82, 2.24) is 5.16 Å². The van der Waals surface area contributed by atoms with Gasteiger partial charge in [0.15, 0.2) is 0 Å². The quantitative estimate of drug-likeness (QED) is 0.716. The first-order valence-electron chi connectivity index (χ1n) is 6.20. The van der Waals surface area contributed by atoms with Crippen LogP contribution in [0.5, 0.6) is 5.75 Å². The maximum Gasteiger partial charge on any atom is 0.129 e. The number of aromatic nitrogens is 1. The van der Waals surface area contributed by atoms with Crippen molar-refractivity contribution in [3.8, 4) is 17.0 Å². The number of hydrogen-bond donors (Lipinski definition) is 0. The fraction of sp³-hybridized carbons (Fsp3) is 0.0625. The monoisotopic (exact) mass is 269 g/mol. The van der Waals surface area contributed by atoms with Crippen LogP contribution in [0.2, 0.25) is 0 Å². The highest BCUT2D eigenvalue weighted by Crippen LogP contribution is 2.21. The van der Waals surface area contributed by atoms with Gasteiger partial charge in [0.05, 0.1) is 0 Å². The highest BCUT2D eigenvalue weighted by molar-refractivity contribution is 5.59. The fourth-order valence-electron chi connectivity index (χ4n) is 1.86. The van der Waals surface area contributed by atoms with Gasteiger partial charge < -0.3 is 9.26 Å². The summed E-state index contributed by atoms with van der Waals surface area (Å²) in [5.41, 5.74) is 2.25. The molecule has 0 saturated heterocycles. The Hall–Kier alpha value is -2.62. The lowest BCUT2D eigenvalue weighted by Crippen LogP contribution is -1.97. The van der Waals surface area contributed by atoms with Crippen molar-refractivity contribution in [2.24, 2.45) is 0 Å². The molecule has 0 fully saturated rings. The molecule has 0 aliphatic carbocycles. The van der Waals surface area contributed by atoms with E-state index in [-0.39, 0.29) is 12.4 Å². The van der Waals surface area contributed by atoms with Crippen LogP contribution in [0.25, 0.3) is 11.3 Å². The van der Waals surface area contributed by atoms with Crippen LogP contribution in [-0.4, -0.2) is 5.16 Å². The molecule has 0 radical (unpaired) electrons. The van der Waals surface area contributed by atoms with Crippen molar-refractivity contribution in [2.75, 3.05) is 0 Å². The third-order valence-electron chi connectivity index (χ3n) is 2.94. The van der Waals surface area contributed by atoms with E-state index < -0.39 is 0 Å². The molecular formula is C16H12FNO2. The molecule has 0 atom stereocenters. The van der Waals surface area contributed by atoms with Crippen molar-refractivity contribution >= 4 is 0 Å². The maximum absolute atomic E-state index is 13.4. The fourth-order valence-corrected chi connectivity index (χ4v) is 1.86. The number of benzene rings is 2. The predicted octanol–water partition coefficient (Wildman–Crippen LogP) is 4.06. The van der Waals surface area contributed by atoms with Crippen molar-refractivity contribution in [1.29, 1.82) is 0 Å². The Morgan fingerprint density at radius 1 is 1.00 bits per heavy atom. The first-order valence-corrected chi connectivity index (χ1v) is 6.20. The summed E-state index contributed by atoms with van der Waals surface area (Å²) in [6, 6.07) is 15.8. The van der Waals surface area contributed by atoms with Crippen LogP contribution >= 0.6 is 0 Å². The molecule has 0 aliphatic heterocycles. The van der Waals surface area contributed by atoms with E-state index in [1.54, 1.807) is 24.3 Å². The van der Waals surface area contributed by atoms with Crippen molar-refractivity contribution < 1.29 is 13.7 Å². The summed E-state index contributed by atoms with van der Waals surface area (Å²) in [5.74, 6) is 0.423. The van der Waals surface area contributed by atoms with E-state index in [4.69, 9.17) is 9.26 Å². The standard InChI is InChI=1S/C16H12FNO2/c17-15-4-2-1-3-13(15)11-19-14-7-5-12(6-8-14)16-9-10-20-18-16/h1-10H,11H2. The van der Waals surface area contributed by atoms with Crippen LogP contribution in [0.1, 0.15) is 5.56 Å². The molecule has 0 bridgehead atoms. The zero-order valence-electron chi connectivity index (χ0n) is 10.6. The van der Waals surface area contributed by atoms with Crippen LogP contribution in [0.3, 0.4) is 0 Å². The lowest BCUT2D eigenvalue weighted by Gasteiger charge is -2.07. The predicted molar refractivity (Wildman–Crippen MR) is 72.7 cm³/mol. The van der Waals surface area contributed by atoms with Crippen molar-refractivity contribution in [2.45, 2.75) is 6.61 Å². The second-order valence-electron chi connectivity index (χ2n) is 4.29. The summed E-state index contributed by atoms with van der Waals surface area (Å²) in [4.78, 5) is 0. The van der Waals surface area contributed by atoms with Gasteiger partial charge in [-0.2, -0.15) is 0 Å². The first-order chi connectivity index (χ1) is 9.83. The minimum absolute atomic E-state index is 0.204. The van der Waals surface area contributed by atoms with Gasteiger partial charge in [0.2, 0.25) is 0 Å². The topological polar surface area (TPSA) is 35.3 Å². The maximum atomic E-state index is 13.4. The molecule has 4 heteroatoms. The molecule has 0 spiro atoms. The Kier molecular flexibility index (Phi) is 3.46. The SMILES string of the molecule is Fc1ccccc1COc1ccc(-c2ccon2)cc1. The molecule has 0 aliphatic rings. The largest absolute Gasteiger partial charge is 0.489 e. The van der Waals surface area contributed by atoms with Crippen LogP contribution in [0.15, 0.2) is 65.4 Å². The van der Waals surface area contributed by atoms with Gasteiger partial charge in [-0.05, 0) is 30.3 Å². The van der Waals surface area contributed by atoms with Gasteiger partial charge in [-0.15, -0.1) is 0 Å². The third kappa shape index (κ3) is 2.69. The van der Waals surface area contributed by atoms with Crippen molar-refractivity contribution in [3.05, 3.63) is 72.2 Å². The molecule has 1 aromatic heterocycles. The highest BCUT2D eigenvalue weighted by atomic mass is 19.1. The average Bonchev–Trinajstić information content (AvgIpc) is 3.01. The van der Waals surface area contributed by atoms with E-state index in [1.807, 2.05) is 24.3 Å². The Morgan fingerprint density at radius 2 is 1.80 bits per heavy atom.